The molecule has 76 valence electrons. The van der Waals surface area contributed by atoms with Crippen LogP contribution in [0.5, 0.6) is 0 Å². The molecular formula is C11H22N2. The van der Waals surface area contributed by atoms with Gasteiger partial charge in [-0.3, -0.25) is 4.90 Å². The van der Waals surface area contributed by atoms with Gasteiger partial charge in [-0.25, -0.2) is 0 Å². The molecule has 2 fully saturated rings. The van der Waals surface area contributed by atoms with Gasteiger partial charge in [0, 0.05) is 12.1 Å². The predicted octanol–water partition coefficient (Wildman–Crippen LogP) is 1.60. The Bertz CT molecular complexity index is 194. The predicted molar refractivity (Wildman–Crippen MR) is 55.6 cm³/mol. The Balaban J connectivity index is 1.94. The molecule has 2 heteroatoms. The molecule has 2 N–H and O–H groups in total. The highest BCUT2D eigenvalue weighted by atomic mass is 15.2. The Labute approximate surface area is 81.5 Å². The van der Waals surface area contributed by atoms with Crippen LogP contribution in [0.1, 0.15) is 39.5 Å². The highest BCUT2D eigenvalue weighted by Crippen LogP contribution is 2.47. The summed E-state index contributed by atoms with van der Waals surface area (Å²) in [7, 11) is 0. The molecule has 1 aliphatic heterocycles. The Hall–Kier alpha value is -0.0800. The van der Waals surface area contributed by atoms with Gasteiger partial charge in [0.05, 0.1) is 0 Å². The lowest BCUT2D eigenvalue weighted by Crippen LogP contribution is -2.43. The Morgan fingerprint density at radius 1 is 1.23 bits per heavy atom. The molecule has 2 rings (SSSR count). The average Bonchev–Trinajstić information content (AvgIpc) is 2.76. The molecule has 1 saturated carbocycles. The first-order valence-electron chi connectivity index (χ1n) is 5.53. The zero-order valence-electron chi connectivity index (χ0n) is 8.97. The second kappa shape index (κ2) is 2.96. The van der Waals surface area contributed by atoms with E-state index >= 15 is 0 Å². The maximum Gasteiger partial charge on any atom is 0.0153 e. The van der Waals surface area contributed by atoms with Gasteiger partial charge in [-0.15, -0.1) is 0 Å². The molecule has 0 bridgehead atoms. The number of hydrogen-bond acceptors (Lipinski definition) is 2. The monoisotopic (exact) mass is 182 g/mol. The zero-order valence-corrected chi connectivity index (χ0v) is 8.97. The molecule has 1 aliphatic carbocycles. The molecule has 0 unspecified atom stereocenters. The van der Waals surface area contributed by atoms with Crippen molar-refractivity contribution in [1.29, 1.82) is 0 Å². The summed E-state index contributed by atoms with van der Waals surface area (Å²) in [4.78, 5) is 2.65. The minimum Gasteiger partial charge on any atom is -0.330 e. The van der Waals surface area contributed by atoms with Crippen LogP contribution < -0.4 is 5.73 Å². The van der Waals surface area contributed by atoms with Gasteiger partial charge < -0.3 is 5.73 Å². The fourth-order valence-corrected chi connectivity index (χ4v) is 2.46. The quantitative estimate of drug-likeness (QED) is 0.718. The summed E-state index contributed by atoms with van der Waals surface area (Å²) >= 11 is 0. The van der Waals surface area contributed by atoms with Crippen LogP contribution in [0, 0.1) is 5.41 Å². The highest BCUT2D eigenvalue weighted by molar-refractivity contribution is 5.00. The van der Waals surface area contributed by atoms with E-state index in [-0.39, 0.29) is 0 Å². The van der Waals surface area contributed by atoms with Gasteiger partial charge in [-0.05, 0) is 58.0 Å². The minimum atomic E-state index is 0.435. The van der Waals surface area contributed by atoms with Gasteiger partial charge in [0.25, 0.3) is 0 Å². The summed E-state index contributed by atoms with van der Waals surface area (Å²) in [5.41, 5.74) is 6.76. The van der Waals surface area contributed by atoms with E-state index in [1.54, 1.807) is 0 Å². The van der Waals surface area contributed by atoms with Gasteiger partial charge in [0.2, 0.25) is 0 Å². The minimum absolute atomic E-state index is 0.435. The SMILES string of the molecule is CC1(C)CCCN1CC1(CN)CC1. The Morgan fingerprint density at radius 3 is 2.31 bits per heavy atom. The largest absolute Gasteiger partial charge is 0.330 e. The summed E-state index contributed by atoms with van der Waals surface area (Å²) in [5, 5.41) is 0. The van der Waals surface area contributed by atoms with E-state index in [1.165, 1.54) is 38.8 Å². The van der Waals surface area contributed by atoms with Crippen LogP contribution in [0.25, 0.3) is 0 Å². The van der Waals surface area contributed by atoms with E-state index in [1.807, 2.05) is 0 Å². The zero-order chi connectivity index (χ0) is 9.53. The number of nitrogens with zero attached hydrogens (tertiary/aromatic N) is 1. The topological polar surface area (TPSA) is 29.3 Å². The van der Waals surface area contributed by atoms with E-state index in [4.69, 9.17) is 5.73 Å². The lowest BCUT2D eigenvalue weighted by Gasteiger charge is -2.34. The van der Waals surface area contributed by atoms with E-state index in [9.17, 15) is 0 Å². The number of nitrogens with two attached hydrogens (primary N) is 1. The van der Waals surface area contributed by atoms with Gasteiger partial charge in [0.1, 0.15) is 0 Å². The van der Waals surface area contributed by atoms with Crippen molar-refractivity contribution in [2.45, 2.75) is 45.1 Å². The van der Waals surface area contributed by atoms with Crippen molar-refractivity contribution in [2.75, 3.05) is 19.6 Å². The fourth-order valence-electron chi connectivity index (χ4n) is 2.46. The van der Waals surface area contributed by atoms with Crippen molar-refractivity contribution in [1.82, 2.24) is 4.90 Å². The van der Waals surface area contributed by atoms with Crippen LogP contribution in [0.2, 0.25) is 0 Å². The summed E-state index contributed by atoms with van der Waals surface area (Å²) in [6.45, 7) is 8.16. The van der Waals surface area contributed by atoms with Crippen molar-refractivity contribution in [3.05, 3.63) is 0 Å². The van der Waals surface area contributed by atoms with Crippen LogP contribution in [-0.2, 0) is 0 Å². The summed E-state index contributed by atoms with van der Waals surface area (Å²) in [6.07, 6.45) is 5.44. The normalized spacial score (nSPS) is 30.7. The standard InChI is InChI=1S/C11H22N2/c1-10(2)4-3-7-13(10)9-11(8-12)5-6-11/h3-9,12H2,1-2H3. The number of rotatable bonds is 3. The number of likely N-dealkylation sites (tertiary alicyclic amines) is 1. The van der Waals surface area contributed by atoms with E-state index in [0.29, 0.717) is 11.0 Å². The Morgan fingerprint density at radius 2 is 1.92 bits per heavy atom. The lowest BCUT2D eigenvalue weighted by molar-refractivity contribution is 0.142. The lowest BCUT2D eigenvalue weighted by atomic mass is 9.99. The molecule has 2 aliphatic rings. The van der Waals surface area contributed by atoms with E-state index < -0.39 is 0 Å². The molecule has 1 heterocycles. The Kier molecular flexibility index (Phi) is 2.16. The molecule has 2 nitrogen and oxygen atoms in total. The van der Waals surface area contributed by atoms with E-state index in [2.05, 4.69) is 18.7 Å². The third kappa shape index (κ3) is 1.75. The van der Waals surface area contributed by atoms with Gasteiger partial charge >= 0.3 is 0 Å². The summed E-state index contributed by atoms with van der Waals surface area (Å²) in [6, 6.07) is 0. The maximum atomic E-state index is 5.81. The molecule has 0 radical (unpaired) electrons. The van der Waals surface area contributed by atoms with Crippen molar-refractivity contribution < 1.29 is 0 Å². The van der Waals surface area contributed by atoms with Crippen molar-refractivity contribution >= 4 is 0 Å². The van der Waals surface area contributed by atoms with Crippen molar-refractivity contribution in [2.24, 2.45) is 11.1 Å². The van der Waals surface area contributed by atoms with Crippen LogP contribution >= 0.6 is 0 Å². The smallest absolute Gasteiger partial charge is 0.0153 e. The van der Waals surface area contributed by atoms with Crippen LogP contribution in [-0.4, -0.2) is 30.1 Å². The van der Waals surface area contributed by atoms with Crippen molar-refractivity contribution in [3.8, 4) is 0 Å². The van der Waals surface area contributed by atoms with Crippen LogP contribution in [0.4, 0.5) is 0 Å². The third-order valence-corrected chi connectivity index (χ3v) is 3.99. The second-order valence-corrected chi connectivity index (χ2v) is 5.54. The van der Waals surface area contributed by atoms with Gasteiger partial charge in [0.15, 0.2) is 0 Å². The fraction of sp³-hybridized carbons (Fsp3) is 1.00. The summed E-state index contributed by atoms with van der Waals surface area (Å²) < 4.78 is 0. The van der Waals surface area contributed by atoms with E-state index in [0.717, 1.165) is 6.54 Å². The average molecular weight is 182 g/mol. The third-order valence-electron chi connectivity index (χ3n) is 3.99. The molecule has 1 saturated heterocycles. The molecule has 0 aromatic heterocycles. The molecule has 13 heavy (non-hydrogen) atoms. The first kappa shape index (κ1) is 9.47. The highest BCUT2D eigenvalue weighted by Gasteiger charge is 2.45. The van der Waals surface area contributed by atoms with Crippen molar-refractivity contribution in [3.63, 3.8) is 0 Å². The first-order valence-corrected chi connectivity index (χ1v) is 5.53. The molecule has 0 atom stereocenters. The first-order chi connectivity index (χ1) is 6.08. The maximum absolute atomic E-state index is 5.81. The second-order valence-electron chi connectivity index (χ2n) is 5.54. The molecule has 0 amide bonds. The van der Waals surface area contributed by atoms with Crippen LogP contribution in [0.15, 0.2) is 0 Å². The molecular weight excluding hydrogens is 160 g/mol. The molecule has 0 aromatic carbocycles. The van der Waals surface area contributed by atoms with Gasteiger partial charge in [-0.1, -0.05) is 0 Å². The summed E-state index contributed by atoms with van der Waals surface area (Å²) in [5.74, 6) is 0. The van der Waals surface area contributed by atoms with Gasteiger partial charge in [-0.2, -0.15) is 0 Å². The molecule has 0 aromatic rings. The van der Waals surface area contributed by atoms with Crippen LogP contribution in [0.3, 0.4) is 0 Å². The number of hydrogen-bond donors (Lipinski definition) is 1. The molecule has 0 spiro atoms.